The summed E-state index contributed by atoms with van der Waals surface area (Å²) in [6.45, 7) is 1.92. The van der Waals surface area contributed by atoms with E-state index in [2.05, 4.69) is 15.8 Å². The van der Waals surface area contributed by atoms with Crippen molar-refractivity contribution < 1.29 is 23.2 Å². The van der Waals surface area contributed by atoms with E-state index in [1.807, 2.05) is 60.7 Å². The van der Waals surface area contributed by atoms with Gasteiger partial charge in [0.25, 0.3) is 0 Å². The maximum Gasteiger partial charge on any atom is 0.305 e. The van der Waals surface area contributed by atoms with Gasteiger partial charge in [-0.1, -0.05) is 36.4 Å². The van der Waals surface area contributed by atoms with Gasteiger partial charge in [0.2, 0.25) is 11.8 Å². The van der Waals surface area contributed by atoms with Crippen LogP contribution in [0.15, 0.2) is 81.6 Å². The van der Waals surface area contributed by atoms with E-state index in [1.165, 1.54) is 6.07 Å². The van der Waals surface area contributed by atoms with Gasteiger partial charge < -0.3 is 13.6 Å². The van der Waals surface area contributed by atoms with Gasteiger partial charge >= 0.3 is 5.91 Å². The quantitative estimate of drug-likeness (QED) is 0.431. The summed E-state index contributed by atoms with van der Waals surface area (Å²) < 4.78 is 16.7. The molecule has 2 amide bonds. The Morgan fingerprint density at radius 1 is 0.906 bits per heavy atom. The number of benzene rings is 2. The first kappa shape index (κ1) is 20.9. The lowest BCUT2D eigenvalue weighted by Crippen LogP contribution is -2.42. The van der Waals surface area contributed by atoms with E-state index in [-0.39, 0.29) is 18.8 Å². The number of hydrogen-bond acceptors (Lipinski definition) is 6. The Morgan fingerprint density at radius 3 is 2.38 bits per heavy atom. The summed E-state index contributed by atoms with van der Waals surface area (Å²) in [5.41, 5.74) is 6.01. The summed E-state index contributed by atoms with van der Waals surface area (Å²) in [4.78, 5) is 28.9. The van der Waals surface area contributed by atoms with Gasteiger partial charge in [0.1, 0.15) is 23.9 Å². The third kappa shape index (κ3) is 5.23. The minimum atomic E-state index is -0.578. The number of aromatic nitrogens is 1. The Hall–Kier alpha value is -4.33. The molecule has 4 aromatic rings. The van der Waals surface area contributed by atoms with Crippen LogP contribution in [-0.2, 0) is 17.8 Å². The van der Waals surface area contributed by atoms with E-state index >= 15 is 0 Å². The van der Waals surface area contributed by atoms with Crippen LogP contribution in [0.25, 0.3) is 11.5 Å². The van der Waals surface area contributed by atoms with Crippen LogP contribution in [0.1, 0.15) is 27.8 Å². The third-order valence-electron chi connectivity index (χ3n) is 4.57. The van der Waals surface area contributed by atoms with Crippen molar-refractivity contribution in [1.29, 1.82) is 0 Å². The molecule has 8 nitrogen and oxygen atoms in total. The van der Waals surface area contributed by atoms with Crippen molar-refractivity contribution in [3.8, 4) is 17.2 Å². The highest BCUT2D eigenvalue weighted by molar-refractivity contribution is 5.93. The number of para-hydroxylation sites is 1. The molecule has 0 spiro atoms. The molecule has 2 N–H and O–H groups in total. The smallest absolute Gasteiger partial charge is 0.305 e. The number of ether oxygens (including phenoxy) is 1. The van der Waals surface area contributed by atoms with E-state index in [1.54, 1.807) is 13.0 Å². The number of furan rings is 1. The fraction of sp³-hybridized carbons (Fsp3) is 0.125. The average molecular weight is 431 g/mol. The second-order valence-corrected chi connectivity index (χ2v) is 6.93. The molecular weight excluding hydrogens is 410 g/mol. The molecule has 2 aromatic heterocycles. The van der Waals surface area contributed by atoms with Crippen LogP contribution in [0, 0.1) is 6.92 Å². The molecule has 0 atom stereocenters. The minimum absolute atomic E-state index is 0.0449. The number of carbonyl (C=O) groups is 2. The summed E-state index contributed by atoms with van der Waals surface area (Å²) in [7, 11) is 0. The highest BCUT2D eigenvalue weighted by Gasteiger charge is 2.16. The first-order chi connectivity index (χ1) is 15.6. The Labute approximate surface area is 184 Å². The molecule has 0 saturated heterocycles. The highest BCUT2D eigenvalue weighted by atomic mass is 16.5. The van der Waals surface area contributed by atoms with E-state index in [0.717, 1.165) is 5.56 Å². The van der Waals surface area contributed by atoms with Crippen LogP contribution in [0.2, 0.25) is 0 Å². The van der Waals surface area contributed by atoms with Gasteiger partial charge in [0, 0.05) is 5.56 Å². The van der Waals surface area contributed by atoms with Crippen molar-refractivity contribution >= 4 is 11.8 Å². The fourth-order valence-electron chi connectivity index (χ4n) is 2.93. The number of hydrazine groups is 1. The van der Waals surface area contributed by atoms with Gasteiger partial charge in [-0.2, -0.15) is 0 Å². The number of rotatable bonds is 7. The predicted molar refractivity (Wildman–Crippen MR) is 115 cm³/mol. The lowest BCUT2D eigenvalue weighted by molar-refractivity contribution is -0.121. The molecule has 32 heavy (non-hydrogen) atoms. The lowest BCUT2D eigenvalue weighted by atomic mass is 10.2. The van der Waals surface area contributed by atoms with E-state index in [0.29, 0.717) is 28.9 Å². The number of amides is 2. The first-order valence-electron chi connectivity index (χ1n) is 9.96. The molecule has 0 unspecified atom stereocenters. The van der Waals surface area contributed by atoms with Crippen LogP contribution in [-0.4, -0.2) is 16.8 Å². The SMILES string of the molecule is Cc1oc(-c2ccccc2)nc1CC(=O)NNC(=O)c1ccc(COc2ccccc2)o1. The summed E-state index contributed by atoms with van der Waals surface area (Å²) in [5.74, 6) is 1.20. The number of hydrogen-bond donors (Lipinski definition) is 2. The second kappa shape index (κ2) is 9.65. The Bertz CT molecular complexity index is 1200. The molecule has 0 radical (unpaired) electrons. The molecule has 0 saturated carbocycles. The maximum atomic E-state index is 12.3. The Morgan fingerprint density at radius 2 is 1.62 bits per heavy atom. The minimum Gasteiger partial charge on any atom is -0.486 e. The molecule has 0 fully saturated rings. The zero-order valence-corrected chi connectivity index (χ0v) is 17.3. The maximum absolute atomic E-state index is 12.3. The molecule has 4 rings (SSSR count). The summed E-state index contributed by atoms with van der Waals surface area (Å²) >= 11 is 0. The molecule has 2 heterocycles. The molecule has 162 valence electrons. The van der Waals surface area contributed by atoms with E-state index < -0.39 is 11.8 Å². The fourth-order valence-corrected chi connectivity index (χ4v) is 2.93. The first-order valence-corrected chi connectivity index (χ1v) is 9.96. The monoisotopic (exact) mass is 431 g/mol. The largest absolute Gasteiger partial charge is 0.486 e. The van der Waals surface area contributed by atoms with Crippen molar-refractivity contribution in [2.75, 3.05) is 0 Å². The average Bonchev–Trinajstić information content (AvgIpc) is 3.44. The summed E-state index contributed by atoms with van der Waals surface area (Å²) in [5, 5.41) is 0. The number of oxazole rings is 1. The number of nitrogens with zero attached hydrogens (tertiary/aromatic N) is 1. The van der Waals surface area contributed by atoms with Crippen molar-refractivity contribution in [3.05, 3.63) is 95.8 Å². The number of carbonyl (C=O) groups excluding carboxylic acids is 2. The van der Waals surface area contributed by atoms with Crippen molar-refractivity contribution in [2.24, 2.45) is 0 Å². The highest BCUT2D eigenvalue weighted by Crippen LogP contribution is 2.21. The third-order valence-corrected chi connectivity index (χ3v) is 4.57. The topological polar surface area (TPSA) is 107 Å². The molecule has 0 aliphatic heterocycles. The number of nitrogens with one attached hydrogen (secondary N) is 2. The Balaban J connectivity index is 1.28. The van der Waals surface area contributed by atoms with Gasteiger partial charge in [-0.3, -0.25) is 20.4 Å². The van der Waals surface area contributed by atoms with Crippen molar-refractivity contribution in [2.45, 2.75) is 20.0 Å². The van der Waals surface area contributed by atoms with Gasteiger partial charge in [0.05, 0.1) is 12.1 Å². The molecule has 2 aromatic carbocycles. The zero-order valence-electron chi connectivity index (χ0n) is 17.3. The van der Waals surface area contributed by atoms with Gasteiger partial charge in [-0.15, -0.1) is 0 Å². The van der Waals surface area contributed by atoms with Crippen LogP contribution < -0.4 is 15.6 Å². The molecule has 0 aliphatic rings. The molecule has 0 aliphatic carbocycles. The van der Waals surface area contributed by atoms with Crippen LogP contribution >= 0.6 is 0 Å². The van der Waals surface area contributed by atoms with Crippen LogP contribution in [0.3, 0.4) is 0 Å². The number of aryl methyl sites for hydroxylation is 1. The summed E-state index contributed by atoms with van der Waals surface area (Å²) in [6.07, 6.45) is -0.0449. The van der Waals surface area contributed by atoms with Crippen molar-refractivity contribution in [1.82, 2.24) is 15.8 Å². The normalized spacial score (nSPS) is 10.5. The second-order valence-electron chi connectivity index (χ2n) is 6.93. The Kier molecular flexibility index (Phi) is 6.31. The molecule has 0 bridgehead atoms. The van der Waals surface area contributed by atoms with E-state index in [9.17, 15) is 9.59 Å². The zero-order chi connectivity index (χ0) is 22.3. The molecule has 8 heteroatoms. The van der Waals surface area contributed by atoms with Crippen LogP contribution in [0.4, 0.5) is 0 Å². The van der Waals surface area contributed by atoms with E-state index in [4.69, 9.17) is 13.6 Å². The van der Waals surface area contributed by atoms with Gasteiger partial charge in [-0.05, 0) is 43.3 Å². The van der Waals surface area contributed by atoms with Gasteiger partial charge in [-0.25, -0.2) is 4.98 Å². The van der Waals surface area contributed by atoms with Crippen molar-refractivity contribution in [3.63, 3.8) is 0 Å². The summed E-state index contributed by atoms with van der Waals surface area (Å²) in [6, 6.07) is 21.8. The molecular formula is C24H21N3O5. The van der Waals surface area contributed by atoms with Crippen LogP contribution in [0.5, 0.6) is 5.75 Å². The predicted octanol–water partition coefficient (Wildman–Crippen LogP) is 3.83. The lowest BCUT2D eigenvalue weighted by Gasteiger charge is -2.05. The standard InChI is InChI=1S/C24H21N3O5/c1-16-20(25-24(31-16)17-8-4-2-5-9-17)14-22(28)26-27-23(29)21-13-12-19(32-21)15-30-18-10-6-3-7-11-18/h2-13H,14-15H2,1H3,(H,26,28)(H,27,29). The van der Waals surface area contributed by atoms with Gasteiger partial charge in [0.15, 0.2) is 5.76 Å².